The Morgan fingerprint density at radius 2 is 0.904 bits per heavy atom. The fourth-order valence-corrected chi connectivity index (χ4v) is 7.65. The van der Waals surface area contributed by atoms with Crippen molar-refractivity contribution >= 4 is 60.5 Å². The minimum absolute atomic E-state index is 0.898. The number of nitrogens with zero attached hydrogens (tertiary/aromatic N) is 1. The van der Waals surface area contributed by atoms with Crippen LogP contribution in [0.2, 0.25) is 0 Å². The Bertz CT molecular complexity index is 2900. The molecule has 9 aromatic carbocycles. The number of hydrogen-bond acceptors (Lipinski definition) is 2. The van der Waals surface area contributed by atoms with Crippen LogP contribution in [0.4, 0.5) is 17.1 Å². The van der Waals surface area contributed by atoms with Gasteiger partial charge in [0.25, 0.3) is 0 Å². The molecule has 0 amide bonds. The molecular weight excluding hydrogens is 631 g/mol. The molecule has 0 fully saturated rings. The first kappa shape index (κ1) is 30.0. The lowest BCUT2D eigenvalue weighted by molar-refractivity contribution is 0.670. The monoisotopic (exact) mass is 663 g/mol. The summed E-state index contributed by atoms with van der Waals surface area (Å²) >= 11 is 0. The van der Waals surface area contributed by atoms with Crippen molar-refractivity contribution < 1.29 is 4.42 Å². The highest BCUT2D eigenvalue weighted by Crippen LogP contribution is 2.45. The SMILES string of the molecule is c1ccc(N(c2ccc(-c3cccc(-c4ccc5ccccc5c4)c3)cc2)c2ccccc2-c2cccc3c2oc2cc4ccccc4cc23)cc1. The van der Waals surface area contributed by atoms with Crippen LogP contribution < -0.4 is 4.90 Å². The Morgan fingerprint density at radius 3 is 1.71 bits per heavy atom. The van der Waals surface area contributed by atoms with Crippen LogP contribution >= 0.6 is 0 Å². The van der Waals surface area contributed by atoms with E-state index in [4.69, 9.17) is 4.42 Å². The summed E-state index contributed by atoms with van der Waals surface area (Å²) in [5, 5.41) is 7.15. The topological polar surface area (TPSA) is 16.4 Å². The normalized spacial score (nSPS) is 11.5. The van der Waals surface area contributed by atoms with Crippen molar-refractivity contribution in [3.05, 3.63) is 200 Å². The maximum absolute atomic E-state index is 6.70. The summed E-state index contributed by atoms with van der Waals surface area (Å²) in [5.74, 6) is 0. The standard InChI is InChI=1S/C50H33NO/c1-2-18-42(19-3-1)51(43-28-26-35(27-29-43)37-16-10-17-38(30-37)41-25-24-34-12-4-5-13-36(34)31-41)48-23-9-8-20-44(48)45-21-11-22-46-47-32-39-14-6-7-15-40(39)33-49(47)52-50(45)46/h1-33H. The molecule has 0 radical (unpaired) electrons. The van der Waals surface area contributed by atoms with Gasteiger partial charge in [-0.15, -0.1) is 0 Å². The van der Waals surface area contributed by atoms with Gasteiger partial charge >= 0.3 is 0 Å². The minimum Gasteiger partial charge on any atom is -0.455 e. The Hall–Kier alpha value is -6.90. The molecule has 0 spiro atoms. The van der Waals surface area contributed by atoms with E-state index in [1.54, 1.807) is 0 Å². The van der Waals surface area contributed by atoms with Gasteiger partial charge in [-0.1, -0.05) is 146 Å². The largest absolute Gasteiger partial charge is 0.455 e. The van der Waals surface area contributed by atoms with E-state index in [2.05, 4.69) is 205 Å². The lowest BCUT2D eigenvalue weighted by Crippen LogP contribution is -2.11. The molecule has 10 rings (SSSR count). The summed E-state index contributed by atoms with van der Waals surface area (Å²) in [6.07, 6.45) is 0. The third-order valence-corrected chi connectivity index (χ3v) is 10.2. The van der Waals surface area contributed by atoms with Gasteiger partial charge in [-0.3, -0.25) is 0 Å². The lowest BCUT2D eigenvalue weighted by atomic mass is 9.97. The third kappa shape index (κ3) is 5.21. The molecule has 244 valence electrons. The fourth-order valence-electron chi connectivity index (χ4n) is 7.65. The molecule has 1 heterocycles. The van der Waals surface area contributed by atoms with Crippen LogP contribution in [0, 0.1) is 0 Å². The molecule has 0 saturated heterocycles. The number of anilines is 3. The molecule has 10 aromatic rings. The molecule has 0 aliphatic rings. The molecule has 1 aromatic heterocycles. The zero-order valence-corrected chi connectivity index (χ0v) is 28.4. The average molecular weight is 664 g/mol. The van der Waals surface area contributed by atoms with Gasteiger partial charge in [-0.05, 0) is 98.4 Å². The summed E-state index contributed by atoms with van der Waals surface area (Å²) in [4.78, 5) is 2.35. The van der Waals surface area contributed by atoms with Crippen molar-refractivity contribution in [1.29, 1.82) is 0 Å². The van der Waals surface area contributed by atoms with E-state index in [0.29, 0.717) is 0 Å². The number of rotatable bonds is 6. The fraction of sp³-hybridized carbons (Fsp3) is 0. The van der Waals surface area contributed by atoms with Gasteiger partial charge in [0.15, 0.2) is 0 Å². The van der Waals surface area contributed by atoms with Crippen molar-refractivity contribution in [3.63, 3.8) is 0 Å². The first-order chi connectivity index (χ1) is 25.8. The van der Waals surface area contributed by atoms with Gasteiger partial charge in [-0.2, -0.15) is 0 Å². The predicted molar refractivity (Wildman–Crippen MR) is 220 cm³/mol. The lowest BCUT2D eigenvalue weighted by Gasteiger charge is -2.28. The maximum atomic E-state index is 6.70. The van der Waals surface area contributed by atoms with E-state index in [0.717, 1.165) is 50.1 Å². The van der Waals surface area contributed by atoms with Crippen LogP contribution in [0.5, 0.6) is 0 Å². The molecule has 2 heteroatoms. The first-order valence-corrected chi connectivity index (χ1v) is 17.8. The highest BCUT2D eigenvalue weighted by molar-refractivity contribution is 6.14. The number of benzene rings is 9. The highest BCUT2D eigenvalue weighted by Gasteiger charge is 2.20. The Labute approximate surface area is 302 Å². The van der Waals surface area contributed by atoms with Crippen molar-refractivity contribution in [2.45, 2.75) is 0 Å². The highest BCUT2D eigenvalue weighted by atomic mass is 16.3. The number of furan rings is 1. The quantitative estimate of drug-likeness (QED) is 0.176. The maximum Gasteiger partial charge on any atom is 0.143 e. The van der Waals surface area contributed by atoms with Gasteiger partial charge in [0.1, 0.15) is 11.2 Å². The second kappa shape index (κ2) is 12.5. The Morgan fingerprint density at radius 1 is 0.327 bits per heavy atom. The Balaban J connectivity index is 1.07. The van der Waals surface area contributed by atoms with Crippen LogP contribution in [-0.4, -0.2) is 0 Å². The van der Waals surface area contributed by atoms with Crippen molar-refractivity contribution in [2.75, 3.05) is 4.90 Å². The molecule has 0 N–H and O–H groups in total. The Kier molecular flexibility index (Phi) is 7.18. The van der Waals surface area contributed by atoms with E-state index in [1.165, 1.54) is 43.8 Å². The van der Waals surface area contributed by atoms with E-state index in [1.807, 2.05) is 0 Å². The zero-order chi connectivity index (χ0) is 34.4. The second-order valence-electron chi connectivity index (χ2n) is 13.4. The van der Waals surface area contributed by atoms with Gasteiger partial charge < -0.3 is 9.32 Å². The first-order valence-electron chi connectivity index (χ1n) is 17.8. The van der Waals surface area contributed by atoms with E-state index < -0.39 is 0 Å². The van der Waals surface area contributed by atoms with Crippen LogP contribution in [0.25, 0.3) is 76.9 Å². The van der Waals surface area contributed by atoms with Crippen molar-refractivity contribution in [1.82, 2.24) is 0 Å². The van der Waals surface area contributed by atoms with Crippen molar-refractivity contribution in [2.24, 2.45) is 0 Å². The van der Waals surface area contributed by atoms with Crippen LogP contribution in [0.3, 0.4) is 0 Å². The molecular formula is C50H33NO. The zero-order valence-electron chi connectivity index (χ0n) is 28.4. The number of hydrogen-bond donors (Lipinski definition) is 0. The number of fused-ring (bicyclic) bond motifs is 5. The summed E-state index contributed by atoms with van der Waals surface area (Å²) in [5.41, 5.74) is 12.0. The molecule has 0 aliphatic carbocycles. The van der Waals surface area contributed by atoms with Crippen LogP contribution in [-0.2, 0) is 0 Å². The molecule has 2 nitrogen and oxygen atoms in total. The average Bonchev–Trinajstić information content (AvgIpc) is 3.58. The molecule has 0 bridgehead atoms. The summed E-state index contributed by atoms with van der Waals surface area (Å²) in [6.45, 7) is 0. The van der Waals surface area contributed by atoms with Crippen LogP contribution in [0.15, 0.2) is 205 Å². The third-order valence-electron chi connectivity index (χ3n) is 10.2. The minimum atomic E-state index is 0.898. The molecule has 0 saturated carbocycles. The molecule has 52 heavy (non-hydrogen) atoms. The summed E-state index contributed by atoms with van der Waals surface area (Å²) < 4.78 is 6.70. The van der Waals surface area contributed by atoms with E-state index in [-0.39, 0.29) is 0 Å². The second-order valence-corrected chi connectivity index (χ2v) is 13.4. The van der Waals surface area contributed by atoms with Gasteiger partial charge in [-0.25, -0.2) is 0 Å². The van der Waals surface area contributed by atoms with Gasteiger partial charge in [0.05, 0.1) is 5.69 Å². The predicted octanol–water partition coefficient (Wildman–Crippen LogP) is 14.4. The molecule has 0 aliphatic heterocycles. The van der Waals surface area contributed by atoms with E-state index in [9.17, 15) is 0 Å². The van der Waals surface area contributed by atoms with Crippen LogP contribution in [0.1, 0.15) is 0 Å². The summed E-state index contributed by atoms with van der Waals surface area (Å²) in [7, 11) is 0. The van der Waals surface area contributed by atoms with E-state index >= 15 is 0 Å². The smallest absolute Gasteiger partial charge is 0.143 e. The summed E-state index contributed by atoms with van der Waals surface area (Å²) in [6, 6.07) is 71.6. The van der Waals surface area contributed by atoms with Crippen molar-refractivity contribution in [3.8, 4) is 33.4 Å². The molecule has 0 unspecified atom stereocenters. The van der Waals surface area contributed by atoms with Gasteiger partial charge in [0, 0.05) is 33.3 Å². The number of para-hydroxylation sites is 3. The van der Waals surface area contributed by atoms with Gasteiger partial charge in [0.2, 0.25) is 0 Å². The molecule has 0 atom stereocenters.